The average Bonchev–Trinajstić information content (AvgIpc) is 3.12. The van der Waals surface area contributed by atoms with Gasteiger partial charge in [0.15, 0.2) is 0 Å². The Bertz CT molecular complexity index is 567. The van der Waals surface area contributed by atoms with Crippen LogP contribution in [0.5, 0.6) is 0 Å². The van der Waals surface area contributed by atoms with Gasteiger partial charge in [-0.15, -0.1) is 0 Å². The first-order valence-corrected chi connectivity index (χ1v) is 7.77. The molecule has 0 aliphatic carbocycles. The van der Waals surface area contributed by atoms with E-state index in [1.54, 1.807) is 0 Å². The van der Waals surface area contributed by atoms with Crippen LogP contribution in [0.15, 0.2) is 36.7 Å². The Hall–Kier alpha value is -1.81. The van der Waals surface area contributed by atoms with Crippen molar-refractivity contribution in [1.29, 1.82) is 0 Å². The number of hydrogen-bond acceptors (Lipinski definition) is 3. The highest BCUT2D eigenvalue weighted by atomic mass is 15.1. The molecule has 1 aliphatic heterocycles. The number of nitrogens with zero attached hydrogens (tertiary/aromatic N) is 3. The summed E-state index contributed by atoms with van der Waals surface area (Å²) < 4.78 is 2.05. The molecule has 0 amide bonds. The minimum absolute atomic E-state index is 0.203. The van der Waals surface area contributed by atoms with Crippen molar-refractivity contribution in [2.75, 3.05) is 18.4 Å². The van der Waals surface area contributed by atoms with E-state index in [1.807, 2.05) is 19.4 Å². The van der Waals surface area contributed by atoms with E-state index < -0.39 is 0 Å². The first-order valence-electron chi connectivity index (χ1n) is 7.77. The molecule has 0 saturated carbocycles. The van der Waals surface area contributed by atoms with Gasteiger partial charge in [0.2, 0.25) is 0 Å². The van der Waals surface area contributed by atoms with Crippen LogP contribution in [0.2, 0.25) is 0 Å². The second kappa shape index (κ2) is 6.31. The van der Waals surface area contributed by atoms with Crippen LogP contribution in [0.1, 0.15) is 37.2 Å². The normalized spacial score (nSPS) is 17.0. The number of imidazole rings is 1. The second-order valence-electron chi connectivity index (χ2n) is 5.94. The van der Waals surface area contributed by atoms with Crippen LogP contribution < -0.4 is 5.32 Å². The van der Waals surface area contributed by atoms with Crippen molar-refractivity contribution in [1.82, 2.24) is 14.5 Å². The largest absolute Gasteiger partial charge is 0.375 e. The van der Waals surface area contributed by atoms with Gasteiger partial charge in [-0.1, -0.05) is 12.1 Å². The Labute approximate surface area is 126 Å². The van der Waals surface area contributed by atoms with Gasteiger partial charge in [-0.3, -0.25) is 4.90 Å². The number of aromatic nitrogens is 2. The summed E-state index contributed by atoms with van der Waals surface area (Å²) in [4.78, 5) is 6.92. The van der Waals surface area contributed by atoms with E-state index in [0.717, 1.165) is 18.1 Å². The zero-order chi connectivity index (χ0) is 14.7. The molecule has 1 unspecified atom stereocenters. The molecule has 0 radical (unpaired) electrons. The third-order valence-electron chi connectivity index (χ3n) is 4.19. The molecular weight excluding hydrogens is 260 g/mol. The zero-order valence-electron chi connectivity index (χ0n) is 12.9. The van der Waals surface area contributed by atoms with Gasteiger partial charge in [0, 0.05) is 31.7 Å². The Kier molecular flexibility index (Phi) is 4.25. The number of likely N-dealkylation sites (tertiary alicyclic amines) is 1. The van der Waals surface area contributed by atoms with Crippen LogP contribution in [-0.4, -0.2) is 27.5 Å². The van der Waals surface area contributed by atoms with Crippen molar-refractivity contribution >= 4 is 5.69 Å². The summed E-state index contributed by atoms with van der Waals surface area (Å²) in [5.41, 5.74) is 2.54. The Morgan fingerprint density at radius 2 is 1.90 bits per heavy atom. The summed E-state index contributed by atoms with van der Waals surface area (Å²) in [6, 6.07) is 9.00. The summed E-state index contributed by atoms with van der Waals surface area (Å²) in [7, 11) is 2.03. The average molecular weight is 284 g/mol. The highest BCUT2D eigenvalue weighted by Gasteiger charge is 2.12. The van der Waals surface area contributed by atoms with Gasteiger partial charge < -0.3 is 9.88 Å². The first-order chi connectivity index (χ1) is 10.2. The van der Waals surface area contributed by atoms with E-state index >= 15 is 0 Å². The van der Waals surface area contributed by atoms with Crippen molar-refractivity contribution in [2.24, 2.45) is 7.05 Å². The van der Waals surface area contributed by atoms with Gasteiger partial charge in [-0.25, -0.2) is 4.98 Å². The Balaban J connectivity index is 1.60. The van der Waals surface area contributed by atoms with E-state index in [4.69, 9.17) is 0 Å². The van der Waals surface area contributed by atoms with Gasteiger partial charge in [-0.2, -0.15) is 0 Å². The molecule has 112 valence electrons. The van der Waals surface area contributed by atoms with Gasteiger partial charge in [0.05, 0.1) is 6.04 Å². The lowest BCUT2D eigenvalue weighted by atomic mass is 10.2. The maximum absolute atomic E-state index is 4.39. The number of nitrogens with one attached hydrogen (secondary N) is 1. The van der Waals surface area contributed by atoms with E-state index in [-0.39, 0.29) is 6.04 Å². The van der Waals surface area contributed by atoms with Crippen molar-refractivity contribution in [3.63, 3.8) is 0 Å². The standard InChI is InChI=1S/C17H24N4/c1-14(17-18-9-12-20(17)2)19-16-7-5-15(6-8-16)13-21-10-3-4-11-21/h5-9,12,14,19H,3-4,10-11,13H2,1-2H3. The highest BCUT2D eigenvalue weighted by Crippen LogP contribution is 2.19. The van der Waals surface area contributed by atoms with Crippen LogP contribution in [-0.2, 0) is 13.6 Å². The fourth-order valence-corrected chi connectivity index (χ4v) is 3.01. The summed E-state index contributed by atoms with van der Waals surface area (Å²) in [6.45, 7) is 5.71. The van der Waals surface area contributed by atoms with Gasteiger partial charge in [0.25, 0.3) is 0 Å². The lowest BCUT2D eigenvalue weighted by Crippen LogP contribution is -2.18. The van der Waals surface area contributed by atoms with E-state index in [9.17, 15) is 0 Å². The molecule has 1 N–H and O–H groups in total. The maximum Gasteiger partial charge on any atom is 0.130 e. The van der Waals surface area contributed by atoms with Crippen LogP contribution >= 0.6 is 0 Å². The SMILES string of the molecule is CC(Nc1ccc(CN2CCCC2)cc1)c1nccn1C. The fraction of sp³-hybridized carbons (Fsp3) is 0.471. The molecule has 1 aliphatic rings. The predicted molar refractivity (Wildman–Crippen MR) is 86.2 cm³/mol. The Morgan fingerprint density at radius 3 is 2.52 bits per heavy atom. The van der Waals surface area contributed by atoms with E-state index in [0.29, 0.717) is 0 Å². The Morgan fingerprint density at radius 1 is 1.19 bits per heavy atom. The highest BCUT2D eigenvalue weighted by molar-refractivity contribution is 5.45. The van der Waals surface area contributed by atoms with E-state index in [1.165, 1.54) is 31.5 Å². The quantitative estimate of drug-likeness (QED) is 0.915. The van der Waals surface area contributed by atoms with Crippen molar-refractivity contribution in [2.45, 2.75) is 32.4 Å². The number of aryl methyl sites for hydroxylation is 1. The fourth-order valence-electron chi connectivity index (χ4n) is 3.01. The summed E-state index contributed by atoms with van der Waals surface area (Å²) in [5, 5.41) is 3.51. The topological polar surface area (TPSA) is 33.1 Å². The molecule has 1 atom stereocenters. The third kappa shape index (κ3) is 3.45. The predicted octanol–water partition coefficient (Wildman–Crippen LogP) is 3.19. The summed E-state index contributed by atoms with van der Waals surface area (Å²) in [5.74, 6) is 1.05. The minimum atomic E-state index is 0.203. The molecule has 4 nitrogen and oxygen atoms in total. The van der Waals surface area contributed by atoms with Crippen LogP contribution in [0, 0.1) is 0 Å². The molecule has 1 saturated heterocycles. The zero-order valence-corrected chi connectivity index (χ0v) is 12.9. The molecule has 4 heteroatoms. The first kappa shape index (κ1) is 14.1. The molecular formula is C17H24N4. The molecule has 0 spiro atoms. The molecule has 21 heavy (non-hydrogen) atoms. The number of hydrogen-bond donors (Lipinski definition) is 1. The van der Waals surface area contributed by atoms with E-state index in [2.05, 4.69) is 51.0 Å². The molecule has 1 aromatic carbocycles. The second-order valence-corrected chi connectivity index (χ2v) is 5.94. The summed E-state index contributed by atoms with van der Waals surface area (Å²) >= 11 is 0. The van der Waals surface area contributed by atoms with Gasteiger partial charge in [-0.05, 0) is 50.6 Å². The molecule has 0 bridgehead atoms. The van der Waals surface area contributed by atoms with Gasteiger partial charge in [0.1, 0.15) is 5.82 Å². The van der Waals surface area contributed by atoms with Crippen molar-refractivity contribution < 1.29 is 0 Å². The lowest BCUT2D eigenvalue weighted by molar-refractivity contribution is 0.331. The minimum Gasteiger partial charge on any atom is -0.375 e. The van der Waals surface area contributed by atoms with Gasteiger partial charge >= 0.3 is 0 Å². The third-order valence-corrected chi connectivity index (χ3v) is 4.19. The molecule has 2 aromatic rings. The smallest absolute Gasteiger partial charge is 0.130 e. The molecule has 3 rings (SSSR count). The molecule has 1 fully saturated rings. The number of anilines is 1. The lowest BCUT2D eigenvalue weighted by Gasteiger charge is -2.17. The van der Waals surface area contributed by atoms with Crippen molar-refractivity contribution in [3.05, 3.63) is 48.0 Å². The maximum atomic E-state index is 4.39. The number of benzene rings is 1. The van der Waals surface area contributed by atoms with Crippen LogP contribution in [0.4, 0.5) is 5.69 Å². The van der Waals surface area contributed by atoms with Crippen LogP contribution in [0.25, 0.3) is 0 Å². The summed E-state index contributed by atoms with van der Waals surface area (Å²) in [6.07, 6.45) is 6.51. The molecule has 1 aromatic heterocycles. The monoisotopic (exact) mass is 284 g/mol. The molecule has 2 heterocycles. The van der Waals surface area contributed by atoms with Crippen molar-refractivity contribution in [3.8, 4) is 0 Å². The van der Waals surface area contributed by atoms with Crippen LogP contribution in [0.3, 0.4) is 0 Å². The number of rotatable bonds is 5.